The van der Waals surface area contributed by atoms with Crippen LogP contribution in [-0.4, -0.2) is 36.0 Å². The van der Waals surface area contributed by atoms with Gasteiger partial charge < -0.3 is 15.7 Å². The predicted molar refractivity (Wildman–Crippen MR) is 72.4 cm³/mol. The third-order valence-electron chi connectivity index (χ3n) is 2.50. The number of aliphatic hydroxyl groups excluding tert-OH is 1. The number of aryl methyl sites for hydroxylation is 1. The van der Waals surface area contributed by atoms with Crippen LogP contribution in [0.25, 0.3) is 0 Å². The molecule has 0 fully saturated rings. The van der Waals surface area contributed by atoms with Crippen LogP contribution < -0.4 is 10.6 Å². The first-order chi connectivity index (χ1) is 8.74. The average Bonchev–Trinajstić information content (AvgIpc) is 2.26. The molecule has 0 spiro atoms. The number of halogens is 3. The Bertz CT molecular complexity index is 463. The van der Waals surface area contributed by atoms with Crippen LogP contribution in [0, 0.1) is 6.92 Å². The van der Waals surface area contributed by atoms with E-state index in [1.54, 1.807) is 25.1 Å². The molecule has 1 aromatic carbocycles. The lowest BCUT2D eigenvalue weighted by molar-refractivity contribution is -0.119. The van der Waals surface area contributed by atoms with Gasteiger partial charge in [0, 0.05) is 17.8 Å². The summed E-state index contributed by atoms with van der Waals surface area (Å²) in [5.41, 5.74) is 6.98. The summed E-state index contributed by atoms with van der Waals surface area (Å²) in [5, 5.41) is 8.92. The van der Waals surface area contributed by atoms with Crippen molar-refractivity contribution in [2.24, 2.45) is 5.73 Å². The summed E-state index contributed by atoms with van der Waals surface area (Å²) in [5.74, 6) is 0. The zero-order chi connectivity index (χ0) is 14.6. The van der Waals surface area contributed by atoms with Gasteiger partial charge in [-0.1, -0.05) is 18.3 Å². The van der Waals surface area contributed by atoms with Crippen LogP contribution in [0.1, 0.15) is 11.1 Å². The molecular weight excluding hydrogens is 277 g/mol. The van der Waals surface area contributed by atoms with Crippen LogP contribution in [0.3, 0.4) is 0 Å². The summed E-state index contributed by atoms with van der Waals surface area (Å²) in [4.78, 5) is 1.06. The maximum atomic E-state index is 12.6. The first-order valence-corrected chi connectivity index (χ1v) is 5.98. The number of hydrogen-bond donors (Lipinski definition) is 2. The van der Waals surface area contributed by atoms with Crippen molar-refractivity contribution in [2.75, 3.05) is 24.6 Å². The van der Waals surface area contributed by atoms with E-state index in [2.05, 4.69) is 0 Å². The monoisotopic (exact) mass is 292 g/mol. The summed E-state index contributed by atoms with van der Waals surface area (Å²) in [6, 6.07) is 4.90. The number of nitrogens with two attached hydrogens (primary N) is 1. The van der Waals surface area contributed by atoms with Gasteiger partial charge in [-0.25, -0.2) is 0 Å². The molecule has 0 amide bonds. The Morgan fingerprint density at radius 1 is 1.42 bits per heavy atom. The van der Waals surface area contributed by atoms with E-state index in [0.29, 0.717) is 11.3 Å². The minimum absolute atomic E-state index is 0.0279. The number of alkyl halides is 3. The van der Waals surface area contributed by atoms with Gasteiger partial charge in [-0.15, -0.1) is 0 Å². The lowest BCUT2D eigenvalue weighted by Gasteiger charge is -2.27. The minimum atomic E-state index is -4.37. The lowest BCUT2D eigenvalue weighted by atomic mass is 10.1. The second kappa shape index (κ2) is 6.21. The standard InChI is InChI=1S/C12H15F3N2OS/c1-8-2-3-9(11(16)19)10(6-8)17(4-5-18)7-12(13,14)15/h2-3,6,18H,4-5,7H2,1H3,(H2,16,19). The van der Waals surface area contributed by atoms with Gasteiger partial charge in [0.25, 0.3) is 0 Å². The van der Waals surface area contributed by atoms with E-state index >= 15 is 0 Å². The molecule has 1 aromatic rings. The second-order valence-corrected chi connectivity index (χ2v) is 4.59. The molecule has 1 rings (SSSR count). The van der Waals surface area contributed by atoms with Gasteiger partial charge in [-0.05, 0) is 24.6 Å². The summed E-state index contributed by atoms with van der Waals surface area (Å²) in [6.45, 7) is 0.0730. The minimum Gasteiger partial charge on any atom is -0.395 e. The van der Waals surface area contributed by atoms with E-state index in [1.807, 2.05) is 0 Å². The molecule has 0 aliphatic rings. The number of anilines is 1. The number of aliphatic hydroxyl groups is 1. The summed E-state index contributed by atoms with van der Waals surface area (Å²) in [7, 11) is 0. The van der Waals surface area contributed by atoms with Crippen molar-refractivity contribution in [1.82, 2.24) is 0 Å². The molecule has 0 atom stereocenters. The Labute approximate surface area is 114 Å². The maximum Gasteiger partial charge on any atom is 0.405 e. The Balaban J connectivity index is 3.20. The molecule has 3 N–H and O–H groups in total. The molecular formula is C12H15F3N2OS. The normalized spacial score (nSPS) is 11.4. The van der Waals surface area contributed by atoms with Crippen molar-refractivity contribution in [3.05, 3.63) is 29.3 Å². The number of rotatable bonds is 5. The molecule has 7 heteroatoms. The van der Waals surface area contributed by atoms with E-state index in [0.717, 1.165) is 10.5 Å². The average molecular weight is 292 g/mol. The fraction of sp³-hybridized carbons (Fsp3) is 0.417. The van der Waals surface area contributed by atoms with Gasteiger partial charge in [0.1, 0.15) is 11.5 Å². The van der Waals surface area contributed by atoms with Crippen molar-refractivity contribution < 1.29 is 18.3 Å². The van der Waals surface area contributed by atoms with Gasteiger partial charge in [-0.3, -0.25) is 0 Å². The van der Waals surface area contributed by atoms with E-state index in [-0.39, 0.29) is 18.1 Å². The van der Waals surface area contributed by atoms with Crippen molar-refractivity contribution in [1.29, 1.82) is 0 Å². The Hall–Kier alpha value is -1.34. The van der Waals surface area contributed by atoms with Crippen molar-refractivity contribution in [3.63, 3.8) is 0 Å². The topological polar surface area (TPSA) is 49.5 Å². The first-order valence-electron chi connectivity index (χ1n) is 5.57. The van der Waals surface area contributed by atoms with Crippen LogP contribution in [-0.2, 0) is 0 Å². The van der Waals surface area contributed by atoms with Crippen molar-refractivity contribution in [3.8, 4) is 0 Å². The first kappa shape index (κ1) is 15.7. The largest absolute Gasteiger partial charge is 0.405 e. The third kappa shape index (κ3) is 4.68. The van der Waals surface area contributed by atoms with Gasteiger partial charge >= 0.3 is 6.18 Å². The fourth-order valence-corrected chi connectivity index (χ4v) is 1.91. The molecule has 0 heterocycles. The second-order valence-electron chi connectivity index (χ2n) is 4.15. The molecule has 0 bridgehead atoms. The molecule has 0 saturated carbocycles. The summed E-state index contributed by atoms with van der Waals surface area (Å²) < 4.78 is 37.7. The van der Waals surface area contributed by atoms with Crippen molar-refractivity contribution >= 4 is 22.9 Å². The zero-order valence-corrected chi connectivity index (χ0v) is 11.2. The zero-order valence-electron chi connectivity index (χ0n) is 10.4. The van der Waals surface area contributed by atoms with Crippen LogP contribution in [0.15, 0.2) is 18.2 Å². The quantitative estimate of drug-likeness (QED) is 0.815. The molecule has 0 radical (unpaired) electrons. The molecule has 19 heavy (non-hydrogen) atoms. The molecule has 0 unspecified atom stereocenters. The maximum absolute atomic E-state index is 12.6. The van der Waals surface area contributed by atoms with E-state index in [1.165, 1.54) is 0 Å². The smallest absolute Gasteiger partial charge is 0.395 e. The Morgan fingerprint density at radius 2 is 2.05 bits per heavy atom. The highest BCUT2D eigenvalue weighted by Gasteiger charge is 2.31. The molecule has 3 nitrogen and oxygen atoms in total. The third-order valence-corrected chi connectivity index (χ3v) is 2.72. The number of thiocarbonyl (C=S) groups is 1. The Kier molecular flexibility index (Phi) is 5.13. The highest BCUT2D eigenvalue weighted by Crippen LogP contribution is 2.26. The van der Waals surface area contributed by atoms with Gasteiger partial charge in [0.15, 0.2) is 0 Å². The SMILES string of the molecule is Cc1ccc(C(N)=S)c(N(CCO)CC(F)(F)F)c1. The molecule has 0 aromatic heterocycles. The molecule has 106 valence electrons. The van der Waals surface area contributed by atoms with Crippen molar-refractivity contribution in [2.45, 2.75) is 13.1 Å². The van der Waals surface area contributed by atoms with Crippen LogP contribution in [0.4, 0.5) is 18.9 Å². The van der Waals surface area contributed by atoms with Crippen LogP contribution in [0.5, 0.6) is 0 Å². The fourth-order valence-electron chi connectivity index (χ4n) is 1.73. The van der Waals surface area contributed by atoms with E-state index < -0.39 is 12.7 Å². The van der Waals surface area contributed by atoms with Crippen LogP contribution in [0.2, 0.25) is 0 Å². The van der Waals surface area contributed by atoms with Crippen LogP contribution >= 0.6 is 12.2 Å². The lowest BCUT2D eigenvalue weighted by Crippen LogP contribution is -2.37. The van der Waals surface area contributed by atoms with Gasteiger partial charge in [0.05, 0.1) is 6.61 Å². The van der Waals surface area contributed by atoms with E-state index in [9.17, 15) is 13.2 Å². The van der Waals surface area contributed by atoms with Gasteiger partial charge in [0.2, 0.25) is 0 Å². The summed E-state index contributed by atoms with van der Waals surface area (Å²) >= 11 is 4.84. The molecule has 0 aliphatic heterocycles. The number of nitrogens with zero attached hydrogens (tertiary/aromatic N) is 1. The highest BCUT2D eigenvalue weighted by atomic mass is 32.1. The van der Waals surface area contributed by atoms with Gasteiger partial charge in [-0.2, -0.15) is 13.2 Å². The number of benzene rings is 1. The number of hydrogen-bond acceptors (Lipinski definition) is 3. The highest BCUT2D eigenvalue weighted by molar-refractivity contribution is 7.80. The molecule has 0 aliphatic carbocycles. The predicted octanol–water partition coefficient (Wildman–Crippen LogP) is 1.99. The molecule has 0 saturated heterocycles. The summed E-state index contributed by atoms with van der Waals surface area (Å²) in [6.07, 6.45) is -4.37. The Morgan fingerprint density at radius 3 is 2.53 bits per heavy atom. The van der Waals surface area contributed by atoms with E-state index in [4.69, 9.17) is 23.1 Å².